The van der Waals surface area contributed by atoms with Gasteiger partial charge in [-0.15, -0.1) is 22.7 Å². The van der Waals surface area contributed by atoms with Crippen molar-refractivity contribution in [2.45, 2.75) is 38.1 Å². The monoisotopic (exact) mass is 362 g/mol. The van der Waals surface area contributed by atoms with E-state index in [0.717, 1.165) is 0 Å². The van der Waals surface area contributed by atoms with Crippen molar-refractivity contribution in [2.75, 3.05) is 6.54 Å². The molecule has 24 heavy (non-hydrogen) atoms. The Kier molecular flexibility index (Phi) is 6.04. The number of carbonyl (C=O) groups is 2. The molecule has 0 radical (unpaired) electrons. The van der Waals surface area contributed by atoms with Crippen LogP contribution in [0.15, 0.2) is 35.0 Å². The Hall–Kier alpha value is -1.66. The molecule has 0 spiro atoms. The molecule has 2 N–H and O–H groups in total. The molecule has 0 unspecified atom stereocenters. The van der Waals surface area contributed by atoms with Crippen molar-refractivity contribution in [1.29, 1.82) is 0 Å². The Labute approximate surface area is 150 Å². The molecule has 128 valence electrons. The Bertz CT molecular complexity index is 647. The lowest BCUT2D eigenvalue weighted by molar-refractivity contribution is -0.122. The van der Waals surface area contributed by atoms with Crippen molar-refractivity contribution in [3.63, 3.8) is 0 Å². The Morgan fingerprint density at radius 2 is 1.88 bits per heavy atom. The minimum atomic E-state index is -0.108. The van der Waals surface area contributed by atoms with E-state index in [1.54, 1.807) is 17.4 Å². The lowest BCUT2D eigenvalue weighted by atomic mass is 9.96. The largest absolute Gasteiger partial charge is 0.351 e. The van der Waals surface area contributed by atoms with E-state index in [2.05, 4.69) is 22.1 Å². The zero-order chi connectivity index (χ0) is 16.8. The first-order valence-electron chi connectivity index (χ1n) is 8.38. The van der Waals surface area contributed by atoms with Gasteiger partial charge in [0.1, 0.15) is 0 Å². The number of amides is 2. The van der Waals surface area contributed by atoms with Gasteiger partial charge in [-0.3, -0.25) is 9.59 Å². The second kappa shape index (κ2) is 8.44. The molecule has 1 fully saturated rings. The molecule has 2 aromatic heterocycles. The van der Waals surface area contributed by atoms with Gasteiger partial charge in [0.25, 0.3) is 5.91 Å². The molecule has 4 nitrogen and oxygen atoms in total. The molecule has 0 bridgehead atoms. The van der Waals surface area contributed by atoms with Gasteiger partial charge in [0.15, 0.2) is 0 Å². The molecule has 1 saturated carbocycles. The van der Waals surface area contributed by atoms with E-state index in [4.69, 9.17) is 0 Å². The minimum Gasteiger partial charge on any atom is -0.351 e. The maximum Gasteiger partial charge on any atom is 0.261 e. The summed E-state index contributed by atoms with van der Waals surface area (Å²) in [5.41, 5.74) is 0. The first-order chi connectivity index (χ1) is 11.7. The highest BCUT2D eigenvalue weighted by Crippen LogP contribution is 2.37. The fourth-order valence-corrected chi connectivity index (χ4v) is 4.72. The number of nitrogens with one attached hydrogen (secondary N) is 2. The zero-order valence-electron chi connectivity index (χ0n) is 13.5. The van der Waals surface area contributed by atoms with Gasteiger partial charge in [0.2, 0.25) is 5.91 Å². The van der Waals surface area contributed by atoms with Crippen molar-refractivity contribution < 1.29 is 9.59 Å². The van der Waals surface area contributed by atoms with Crippen molar-refractivity contribution in [3.8, 4) is 0 Å². The van der Waals surface area contributed by atoms with Crippen LogP contribution in [0, 0.1) is 5.92 Å². The van der Waals surface area contributed by atoms with Crippen molar-refractivity contribution in [1.82, 2.24) is 10.6 Å². The number of rotatable bonds is 7. The first kappa shape index (κ1) is 17.2. The summed E-state index contributed by atoms with van der Waals surface area (Å²) in [5.74, 6) is 0.434. The van der Waals surface area contributed by atoms with Crippen LogP contribution in [-0.2, 0) is 4.79 Å². The van der Waals surface area contributed by atoms with Gasteiger partial charge in [0, 0.05) is 17.8 Å². The Morgan fingerprint density at radius 3 is 2.54 bits per heavy atom. The van der Waals surface area contributed by atoms with E-state index in [-0.39, 0.29) is 17.9 Å². The molecule has 1 atom stereocenters. The fraction of sp³-hybridized carbons (Fsp3) is 0.444. The maximum atomic E-state index is 12.3. The number of carbonyl (C=O) groups excluding carboxylic acids is 2. The highest BCUT2D eigenvalue weighted by atomic mass is 32.1. The lowest BCUT2D eigenvalue weighted by Gasteiger charge is -2.23. The highest BCUT2D eigenvalue weighted by Gasteiger charge is 2.28. The van der Waals surface area contributed by atoms with E-state index < -0.39 is 0 Å². The molecule has 0 saturated heterocycles. The van der Waals surface area contributed by atoms with E-state index in [0.29, 0.717) is 23.8 Å². The number of hydrogen-bond donors (Lipinski definition) is 2. The molecule has 1 aliphatic rings. The van der Waals surface area contributed by atoms with Crippen molar-refractivity contribution in [3.05, 3.63) is 44.8 Å². The Balaban J connectivity index is 1.49. The summed E-state index contributed by atoms with van der Waals surface area (Å²) in [6.45, 7) is 0.365. The van der Waals surface area contributed by atoms with Gasteiger partial charge >= 0.3 is 0 Å². The normalized spacial score (nSPS) is 16.0. The second-order valence-electron chi connectivity index (χ2n) is 6.09. The fourth-order valence-electron chi connectivity index (χ4n) is 3.21. The van der Waals surface area contributed by atoms with Crippen LogP contribution in [0.5, 0.6) is 0 Å². The zero-order valence-corrected chi connectivity index (χ0v) is 15.1. The summed E-state index contributed by atoms with van der Waals surface area (Å²) in [4.78, 5) is 26.1. The van der Waals surface area contributed by atoms with E-state index in [1.807, 2.05) is 17.5 Å². The van der Waals surface area contributed by atoms with Gasteiger partial charge in [0.05, 0.1) is 10.9 Å². The van der Waals surface area contributed by atoms with E-state index in [9.17, 15) is 9.59 Å². The van der Waals surface area contributed by atoms with Crippen LogP contribution >= 0.6 is 22.7 Å². The van der Waals surface area contributed by atoms with Crippen LogP contribution in [0.2, 0.25) is 0 Å². The smallest absolute Gasteiger partial charge is 0.261 e. The molecule has 1 aliphatic carbocycles. The third kappa shape index (κ3) is 4.45. The summed E-state index contributed by atoms with van der Waals surface area (Å²) in [6.07, 6.45) is 5.17. The molecule has 2 heterocycles. The SMILES string of the molecule is O=C(CCNC(=O)c1cccs1)N[C@H](c1cccs1)C1CCCC1. The van der Waals surface area contributed by atoms with Crippen LogP contribution in [0.3, 0.4) is 0 Å². The predicted octanol–water partition coefficient (Wildman–Crippen LogP) is 3.98. The van der Waals surface area contributed by atoms with Gasteiger partial charge in [-0.2, -0.15) is 0 Å². The average Bonchev–Trinajstić information content (AvgIpc) is 3.36. The van der Waals surface area contributed by atoms with Crippen LogP contribution in [-0.4, -0.2) is 18.4 Å². The third-order valence-electron chi connectivity index (χ3n) is 4.42. The van der Waals surface area contributed by atoms with E-state index >= 15 is 0 Å². The molecule has 3 rings (SSSR count). The van der Waals surface area contributed by atoms with E-state index in [1.165, 1.54) is 41.9 Å². The molecule has 0 aliphatic heterocycles. The molecule has 2 amide bonds. The van der Waals surface area contributed by atoms with Gasteiger partial charge in [-0.05, 0) is 41.7 Å². The molecular formula is C18H22N2O2S2. The first-order valence-corrected chi connectivity index (χ1v) is 10.1. The predicted molar refractivity (Wildman–Crippen MR) is 98.4 cm³/mol. The second-order valence-corrected chi connectivity index (χ2v) is 8.02. The third-order valence-corrected chi connectivity index (χ3v) is 6.24. The standard InChI is InChI=1S/C18H22N2O2S2/c21-16(9-10-19-18(22)15-8-4-12-24-15)20-17(13-5-1-2-6-13)14-7-3-11-23-14/h3-4,7-8,11-13,17H,1-2,5-6,9-10H2,(H,19,22)(H,20,21)/t17-/m0/s1. The lowest BCUT2D eigenvalue weighted by Crippen LogP contribution is -2.35. The molecular weight excluding hydrogens is 340 g/mol. The van der Waals surface area contributed by atoms with Crippen LogP contribution in [0.25, 0.3) is 0 Å². The Morgan fingerprint density at radius 1 is 1.12 bits per heavy atom. The van der Waals surface area contributed by atoms with Crippen LogP contribution < -0.4 is 10.6 Å². The molecule has 6 heteroatoms. The van der Waals surface area contributed by atoms with Crippen LogP contribution in [0.4, 0.5) is 0 Å². The summed E-state index contributed by atoms with van der Waals surface area (Å²) in [7, 11) is 0. The van der Waals surface area contributed by atoms with Gasteiger partial charge in [-0.25, -0.2) is 0 Å². The minimum absolute atomic E-state index is 0.00628. The summed E-state index contributed by atoms with van der Waals surface area (Å²) >= 11 is 3.11. The topological polar surface area (TPSA) is 58.2 Å². The van der Waals surface area contributed by atoms with Gasteiger partial charge < -0.3 is 10.6 Å². The van der Waals surface area contributed by atoms with Crippen molar-refractivity contribution in [2.24, 2.45) is 5.92 Å². The molecule has 0 aromatic carbocycles. The molecule has 2 aromatic rings. The van der Waals surface area contributed by atoms with Crippen molar-refractivity contribution >= 4 is 34.5 Å². The quantitative estimate of drug-likeness (QED) is 0.783. The summed E-state index contributed by atoms with van der Waals surface area (Å²) in [5, 5.41) is 9.93. The summed E-state index contributed by atoms with van der Waals surface area (Å²) in [6, 6.07) is 7.89. The number of hydrogen-bond acceptors (Lipinski definition) is 4. The number of thiophene rings is 2. The average molecular weight is 363 g/mol. The maximum absolute atomic E-state index is 12.3. The van der Waals surface area contributed by atoms with Gasteiger partial charge in [-0.1, -0.05) is 25.0 Å². The highest BCUT2D eigenvalue weighted by molar-refractivity contribution is 7.12. The van der Waals surface area contributed by atoms with Crippen LogP contribution in [0.1, 0.15) is 52.7 Å². The summed E-state index contributed by atoms with van der Waals surface area (Å²) < 4.78 is 0.